The van der Waals surface area contributed by atoms with Gasteiger partial charge in [-0.15, -0.1) is 0 Å². The van der Waals surface area contributed by atoms with Gasteiger partial charge in [-0.1, -0.05) is 12.1 Å². The first-order chi connectivity index (χ1) is 17.8. The minimum atomic E-state index is -0.699. The van der Waals surface area contributed by atoms with E-state index in [1.165, 1.54) is 22.7 Å². The van der Waals surface area contributed by atoms with Crippen LogP contribution < -0.4 is 25.3 Å². The average molecular weight is 509 g/mol. The molecular weight excluding hydrogens is 482 g/mol. The zero-order valence-electron chi connectivity index (χ0n) is 20.4. The number of aromatic nitrogens is 2. The molecule has 37 heavy (non-hydrogen) atoms. The molecule has 1 atom stereocenters. The van der Waals surface area contributed by atoms with Crippen LogP contribution in [0.5, 0.6) is 17.4 Å². The number of nitrogens with one attached hydrogen (secondary N) is 1. The number of hydrogen-bond donors (Lipinski definition) is 2. The van der Waals surface area contributed by atoms with E-state index in [4.69, 9.17) is 19.9 Å². The summed E-state index contributed by atoms with van der Waals surface area (Å²) in [5.74, 6) is -0.198. The van der Waals surface area contributed by atoms with Crippen molar-refractivity contribution in [2.75, 3.05) is 19.8 Å². The maximum absolute atomic E-state index is 14.1. The highest BCUT2D eigenvalue weighted by atomic mass is 19.1. The number of rotatable bonds is 7. The summed E-state index contributed by atoms with van der Waals surface area (Å²) in [4.78, 5) is 13.2. The van der Waals surface area contributed by atoms with Crippen molar-refractivity contribution in [3.05, 3.63) is 88.1 Å². The number of halogens is 2. The summed E-state index contributed by atoms with van der Waals surface area (Å²) in [5.41, 5.74) is 9.07. The fourth-order valence-corrected chi connectivity index (χ4v) is 4.26. The number of nitrogens with two attached hydrogens (primary N) is 1. The average Bonchev–Trinajstić information content (AvgIpc) is 3.22. The van der Waals surface area contributed by atoms with Crippen LogP contribution in [0, 0.1) is 25.5 Å². The Kier molecular flexibility index (Phi) is 6.66. The Labute approximate surface area is 211 Å². The number of aryl methyl sites for hydroxylation is 2. The molecule has 0 fully saturated rings. The summed E-state index contributed by atoms with van der Waals surface area (Å²) in [7, 11) is 0. The molecule has 1 unspecified atom stereocenters. The summed E-state index contributed by atoms with van der Waals surface area (Å²) >= 11 is 0. The van der Waals surface area contributed by atoms with E-state index in [-0.39, 0.29) is 30.5 Å². The zero-order chi connectivity index (χ0) is 26.1. The third kappa shape index (κ3) is 4.92. The van der Waals surface area contributed by atoms with Crippen LogP contribution in [0.15, 0.2) is 48.5 Å². The fourth-order valence-electron chi connectivity index (χ4n) is 4.26. The molecule has 1 aliphatic heterocycles. The summed E-state index contributed by atoms with van der Waals surface area (Å²) in [6.07, 6.45) is 0. The Morgan fingerprint density at radius 2 is 1.84 bits per heavy atom. The van der Waals surface area contributed by atoms with Gasteiger partial charge in [0.15, 0.2) is 11.5 Å². The van der Waals surface area contributed by atoms with E-state index >= 15 is 0 Å². The standard InChI is InChI=1S/C27H26F2N4O4/c1-15-10-22-26(27(34)31-13-21(30)17-6-7-23-24(12-17)36-9-8-35-23)16(2)32-33(22)25(11-15)37-14-18-19(28)4-3-5-20(18)29/h3-7,10-12,21H,8-9,13-14,30H2,1-2H3,(H,31,34). The van der Waals surface area contributed by atoms with E-state index in [1.54, 1.807) is 25.1 Å². The molecule has 1 amide bonds. The molecule has 0 aliphatic carbocycles. The lowest BCUT2D eigenvalue weighted by Gasteiger charge is -2.20. The highest BCUT2D eigenvalue weighted by Crippen LogP contribution is 2.32. The Morgan fingerprint density at radius 3 is 2.59 bits per heavy atom. The second kappa shape index (κ2) is 10.1. The molecule has 3 N–H and O–H groups in total. The summed E-state index contributed by atoms with van der Waals surface area (Å²) in [5, 5.41) is 7.33. The third-order valence-electron chi connectivity index (χ3n) is 6.15. The van der Waals surface area contributed by atoms with Gasteiger partial charge in [-0.2, -0.15) is 9.61 Å². The molecule has 1 aliphatic rings. The van der Waals surface area contributed by atoms with Crippen LogP contribution in [0.4, 0.5) is 8.78 Å². The van der Waals surface area contributed by atoms with Gasteiger partial charge < -0.3 is 25.3 Å². The molecule has 8 nitrogen and oxygen atoms in total. The van der Waals surface area contributed by atoms with Crippen molar-refractivity contribution in [3.63, 3.8) is 0 Å². The fraction of sp³-hybridized carbons (Fsp3) is 0.259. The molecule has 192 valence electrons. The zero-order valence-corrected chi connectivity index (χ0v) is 20.4. The molecule has 0 radical (unpaired) electrons. The molecule has 10 heteroatoms. The van der Waals surface area contributed by atoms with Gasteiger partial charge in [0.05, 0.1) is 22.3 Å². The predicted octanol–water partition coefficient (Wildman–Crippen LogP) is 4.01. The van der Waals surface area contributed by atoms with E-state index < -0.39 is 17.7 Å². The van der Waals surface area contributed by atoms with Gasteiger partial charge in [0.25, 0.3) is 5.91 Å². The Morgan fingerprint density at radius 1 is 1.11 bits per heavy atom. The minimum Gasteiger partial charge on any atom is -0.486 e. The molecule has 4 aromatic rings. The highest BCUT2D eigenvalue weighted by Gasteiger charge is 2.22. The maximum Gasteiger partial charge on any atom is 0.255 e. The van der Waals surface area contributed by atoms with Crippen LogP contribution in [-0.4, -0.2) is 35.3 Å². The van der Waals surface area contributed by atoms with E-state index in [1.807, 2.05) is 19.1 Å². The minimum absolute atomic E-state index is 0.178. The van der Waals surface area contributed by atoms with Crippen molar-refractivity contribution in [2.45, 2.75) is 26.5 Å². The first-order valence-corrected chi connectivity index (χ1v) is 11.8. The number of pyridine rings is 1. The number of ether oxygens (including phenoxy) is 3. The van der Waals surface area contributed by atoms with Crippen LogP contribution in [-0.2, 0) is 6.61 Å². The number of benzene rings is 2. The Hall–Kier alpha value is -4.18. The van der Waals surface area contributed by atoms with Crippen molar-refractivity contribution in [1.29, 1.82) is 0 Å². The summed E-state index contributed by atoms with van der Waals surface area (Å²) in [6.45, 7) is 4.35. The van der Waals surface area contributed by atoms with Crippen molar-refractivity contribution < 1.29 is 27.8 Å². The molecule has 2 aromatic carbocycles. The van der Waals surface area contributed by atoms with Gasteiger partial charge in [-0.05, 0) is 55.3 Å². The molecule has 5 rings (SSSR count). The second-order valence-electron chi connectivity index (χ2n) is 8.84. The monoisotopic (exact) mass is 508 g/mol. The predicted molar refractivity (Wildman–Crippen MR) is 132 cm³/mol. The lowest BCUT2D eigenvalue weighted by molar-refractivity contribution is 0.0952. The number of carbonyl (C=O) groups is 1. The summed E-state index contributed by atoms with van der Waals surface area (Å²) in [6, 6.07) is 12.1. The van der Waals surface area contributed by atoms with Gasteiger partial charge in [0, 0.05) is 18.7 Å². The quantitative estimate of drug-likeness (QED) is 0.391. The largest absolute Gasteiger partial charge is 0.486 e. The lowest BCUT2D eigenvalue weighted by atomic mass is 10.1. The molecule has 3 heterocycles. The molecule has 0 bridgehead atoms. The number of carbonyl (C=O) groups excluding carboxylic acids is 1. The van der Waals surface area contributed by atoms with Crippen LogP contribution in [0.2, 0.25) is 0 Å². The van der Waals surface area contributed by atoms with Crippen molar-refractivity contribution in [3.8, 4) is 17.4 Å². The third-order valence-corrected chi connectivity index (χ3v) is 6.15. The highest BCUT2D eigenvalue weighted by molar-refractivity contribution is 6.02. The van der Waals surface area contributed by atoms with Crippen LogP contribution in [0.25, 0.3) is 5.52 Å². The molecular formula is C27H26F2N4O4. The van der Waals surface area contributed by atoms with Gasteiger partial charge in [-0.25, -0.2) is 8.78 Å². The second-order valence-corrected chi connectivity index (χ2v) is 8.84. The normalized spacial score (nSPS) is 13.4. The van der Waals surface area contributed by atoms with E-state index in [0.717, 1.165) is 11.1 Å². The van der Waals surface area contributed by atoms with Crippen LogP contribution in [0.1, 0.15) is 38.8 Å². The Bertz CT molecular complexity index is 1470. The Balaban J connectivity index is 1.34. The van der Waals surface area contributed by atoms with Gasteiger partial charge >= 0.3 is 0 Å². The van der Waals surface area contributed by atoms with Crippen molar-refractivity contribution in [2.24, 2.45) is 5.73 Å². The van der Waals surface area contributed by atoms with Crippen LogP contribution >= 0.6 is 0 Å². The SMILES string of the molecule is Cc1cc(OCc2c(F)cccc2F)n2nc(C)c(C(=O)NCC(N)c3ccc4c(c3)OCCO4)c2c1. The maximum atomic E-state index is 14.1. The van der Waals surface area contributed by atoms with Crippen LogP contribution in [0.3, 0.4) is 0 Å². The number of hydrogen-bond acceptors (Lipinski definition) is 6. The molecule has 0 spiro atoms. The smallest absolute Gasteiger partial charge is 0.255 e. The van der Waals surface area contributed by atoms with Gasteiger partial charge in [-0.3, -0.25) is 4.79 Å². The van der Waals surface area contributed by atoms with E-state index in [9.17, 15) is 13.6 Å². The van der Waals surface area contributed by atoms with Crippen molar-refractivity contribution in [1.82, 2.24) is 14.9 Å². The first-order valence-electron chi connectivity index (χ1n) is 11.8. The van der Waals surface area contributed by atoms with E-state index in [0.29, 0.717) is 41.5 Å². The lowest BCUT2D eigenvalue weighted by Crippen LogP contribution is -2.32. The molecule has 2 aromatic heterocycles. The number of fused-ring (bicyclic) bond motifs is 2. The number of nitrogens with zero attached hydrogens (tertiary/aromatic N) is 2. The number of amides is 1. The first kappa shape index (κ1) is 24.5. The molecule has 0 saturated carbocycles. The molecule has 0 saturated heterocycles. The summed E-state index contributed by atoms with van der Waals surface area (Å²) < 4.78 is 46.5. The van der Waals surface area contributed by atoms with E-state index in [2.05, 4.69) is 10.4 Å². The van der Waals surface area contributed by atoms with Gasteiger partial charge in [0.2, 0.25) is 5.88 Å². The van der Waals surface area contributed by atoms with Gasteiger partial charge in [0.1, 0.15) is 31.5 Å². The van der Waals surface area contributed by atoms with Crippen molar-refractivity contribution >= 4 is 11.4 Å². The topological polar surface area (TPSA) is 100 Å².